The number of halogens is 16. The van der Waals surface area contributed by atoms with Crippen molar-refractivity contribution in [1.82, 2.24) is 58.7 Å². The Morgan fingerprint density at radius 3 is 0.810 bits per heavy atom. The topological polar surface area (TPSA) is 221 Å². The summed E-state index contributed by atoms with van der Waals surface area (Å²) in [6, 6.07) is 36.4. The van der Waals surface area contributed by atoms with Gasteiger partial charge in [0.15, 0.2) is 0 Å². The van der Waals surface area contributed by atoms with Gasteiger partial charge in [-0.15, -0.1) is 0 Å². The van der Waals surface area contributed by atoms with Crippen LogP contribution in [0.1, 0.15) is 149 Å². The molecule has 10 heterocycles. The van der Waals surface area contributed by atoms with Gasteiger partial charge in [0.25, 0.3) is 0 Å². The van der Waals surface area contributed by atoms with Crippen LogP contribution in [0.5, 0.6) is 0 Å². The molecule has 2 saturated heterocycles. The Morgan fingerprint density at radius 2 is 0.587 bits per heavy atom. The van der Waals surface area contributed by atoms with Crippen molar-refractivity contribution in [3.05, 3.63) is 216 Å². The summed E-state index contributed by atoms with van der Waals surface area (Å²) >= 11 is 78.7. The van der Waals surface area contributed by atoms with E-state index in [1.165, 1.54) is 0 Å². The average molecular weight is 2650 g/mol. The molecule has 0 radical (unpaired) electrons. The second kappa shape index (κ2) is 48.1. The maximum atomic E-state index is 13.3. The van der Waals surface area contributed by atoms with Crippen molar-refractivity contribution in [1.29, 1.82) is 0 Å². The van der Waals surface area contributed by atoms with Gasteiger partial charge in [-0.1, -0.05) is 7.43 Å². The van der Waals surface area contributed by atoms with Crippen LogP contribution in [0.15, 0.2) is 153 Å². The predicted molar refractivity (Wildman–Crippen MR) is 538 cm³/mol. The molecule has 2 aliphatic rings. The molecule has 0 spiro atoms. The molecule has 4 aromatic carbocycles. The van der Waals surface area contributed by atoms with Gasteiger partial charge in [-0.3, -0.25) is 0 Å². The molecular weight excluding hydrogens is 2570 g/mol. The van der Waals surface area contributed by atoms with Crippen molar-refractivity contribution in [2.75, 3.05) is 52.4 Å². The zero-order valence-electron chi connectivity index (χ0n) is 67.0. The van der Waals surface area contributed by atoms with E-state index in [1.807, 2.05) is 62.4 Å². The zero-order valence-corrected chi connectivity index (χ0v) is 92.6. The van der Waals surface area contributed by atoms with Crippen LogP contribution in [0.2, 0.25) is 40.2 Å². The van der Waals surface area contributed by atoms with E-state index in [0.29, 0.717) is 145 Å². The molecule has 40 heteroatoms. The van der Waals surface area contributed by atoms with E-state index in [-0.39, 0.29) is 161 Å². The first-order chi connectivity index (χ1) is 59.4. The number of nitrogens with zero attached hydrogens (tertiary/aromatic N) is 12. The molecule has 126 heavy (non-hydrogen) atoms. The number of Topliss-reactive ketones (excluding diaryl/α,β-unsaturated/α-hetero) is 4. The summed E-state index contributed by atoms with van der Waals surface area (Å²) in [5.41, 5.74) is 6.29. The minimum atomic E-state index is -0.345. The molecule has 0 N–H and O–H groups in total. The maximum absolute atomic E-state index is 13.3. The summed E-state index contributed by atoms with van der Waals surface area (Å²) in [4.78, 5) is 110. The van der Waals surface area contributed by atoms with Gasteiger partial charge in [-0.05, 0) is 0 Å². The molecule has 20 nitrogen and oxygen atoms in total. The summed E-state index contributed by atoms with van der Waals surface area (Å²) in [5.74, 6) is -1.40. The Balaban J connectivity index is 0.000000175. The van der Waals surface area contributed by atoms with E-state index in [0.717, 1.165) is 86.0 Å². The van der Waals surface area contributed by atoms with Gasteiger partial charge in [0.1, 0.15) is 0 Å². The van der Waals surface area contributed by atoms with Crippen LogP contribution in [0.25, 0.3) is 63.3 Å². The molecule has 2 aliphatic heterocycles. The molecule has 8 aromatic heterocycles. The Labute approximate surface area is 861 Å². The van der Waals surface area contributed by atoms with Crippen LogP contribution in [0.3, 0.4) is 0 Å². The van der Waals surface area contributed by atoms with Crippen LogP contribution in [-0.2, 0) is 19.2 Å². The third-order valence-electron chi connectivity index (χ3n) is 19.2. The molecule has 14 rings (SSSR count). The Hall–Kier alpha value is -3.56. The van der Waals surface area contributed by atoms with Crippen molar-refractivity contribution < 1.29 is 38.4 Å². The molecule has 0 atom stereocenters. The number of carbonyl (C=O) groups is 8. The van der Waals surface area contributed by atoms with Gasteiger partial charge in [-0.25, -0.2) is 0 Å². The summed E-state index contributed by atoms with van der Waals surface area (Å²) < 4.78 is 17.3. The van der Waals surface area contributed by atoms with Crippen LogP contribution in [0.4, 0.5) is 0 Å². The number of amides is 4. The number of likely N-dealkylation sites (tertiary alicyclic amines) is 2. The number of piperidine rings is 1. The van der Waals surface area contributed by atoms with Crippen molar-refractivity contribution in [2.45, 2.75) is 107 Å². The Kier molecular flexibility index (Phi) is 39.9. The summed E-state index contributed by atoms with van der Waals surface area (Å²) in [5, 5.41) is 22.1. The first-order valence-electron chi connectivity index (χ1n) is 38.7. The van der Waals surface area contributed by atoms with E-state index in [9.17, 15) is 38.4 Å². The summed E-state index contributed by atoms with van der Waals surface area (Å²) in [6.07, 6.45) is 4.17. The fourth-order valence-corrected chi connectivity index (χ4v) is 29.9. The van der Waals surface area contributed by atoms with Crippen LogP contribution >= 0.6 is 220 Å². The van der Waals surface area contributed by atoms with E-state index in [4.69, 9.17) is 92.8 Å². The third-order valence-corrected chi connectivity index (χ3v) is 36.2. The number of aromatic nitrogens is 8. The fraction of sp³-hybridized carbons (Fsp3) is 0.302. The van der Waals surface area contributed by atoms with E-state index < -0.39 is 0 Å². The van der Waals surface area contributed by atoms with E-state index in [2.05, 4.69) is 176 Å². The number of ketones is 4. The van der Waals surface area contributed by atoms with Gasteiger partial charge < -0.3 is 0 Å². The average Bonchev–Trinajstić information content (AvgIpc) is 1.63. The second-order valence-electron chi connectivity index (χ2n) is 29.1. The number of carbonyl (C=O) groups excluding carboxylic acids is 8. The molecule has 4 amide bonds. The van der Waals surface area contributed by atoms with Crippen molar-refractivity contribution in [2.24, 2.45) is 11.8 Å². The number of hydrogen-bond donors (Lipinski definition) is 0. The first-order valence-corrected chi connectivity index (χ1v) is 54.9. The number of hydrogen-bond acceptors (Lipinski definition) is 12. The fourth-order valence-electron chi connectivity index (χ4n) is 13.4. The molecular formula is C86H78Br8Cl8N12O8Se4. The van der Waals surface area contributed by atoms with Crippen molar-refractivity contribution in [3.8, 4) is 63.3 Å². The monoisotopic (exact) mass is 2640 g/mol. The Bertz CT molecular complexity index is 5870. The third kappa shape index (κ3) is 26.3. The molecule has 0 saturated carbocycles. The quantitative estimate of drug-likeness (QED) is 0.0281. The second-order valence-corrected chi connectivity index (χ2v) is 52.9. The van der Waals surface area contributed by atoms with Crippen LogP contribution in [0, 0.1) is 11.8 Å². The molecule has 666 valence electrons. The van der Waals surface area contributed by atoms with Gasteiger partial charge in [0.2, 0.25) is 0 Å². The predicted octanol–water partition coefficient (Wildman–Crippen LogP) is 25.3. The molecule has 0 bridgehead atoms. The SMILES string of the molecule is C.CC(C)CN(CC(C)C)C(=O)CC(=O)c1nn(-c2ccc(Cl)cc2Cl)c(-c2ccc(Br)[se]2)c1Br.CCN(CC)C(=O)CC(=O)c1nn(-c2ccc(Cl)cc2Cl)c(-c2ccc(Br)[se]2)c1Br.O=C(CC(=O)N1CCCC1)c1nn(-c2ccc(Cl)cc2Cl)c(-c2ccc(Br)[se]2)c1Br.O=C(CC(=O)N1CCCCC1)c1nn(-c2ccc(Cl)cc2Cl)c(-c2ccc(Br)[se]2)c1Br. The van der Waals surface area contributed by atoms with Crippen LogP contribution < -0.4 is 0 Å². The van der Waals surface area contributed by atoms with Gasteiger partial charge in [0.05, 0.1) is 0 Å². The molecule has 0 aliphatic carbocycles. The van der Waals surface area contributed by atoms with Gasteiger partial charge in [-0.2, -0.15) is 0 Å². The van der Waals surface area contributed by atoms with Crippen molar-refractivity contribution in [3.63, 3.8) is 0 Å². The normalized spacial score (nSPS) is 12.5. The van der Waals surface area contributed by atoms with Gasteiger partial charge in [0, 0.05) is 0 Å². The molecule has 2 fully saturated rings. The van der Waals surface area contributed by atoms with E-state index >= 15 is 0 Å². The zero-order chi connectivity index (χ0) is 90.7. The first kappa shape index (κ1) is 105. The van der Waals surface area contributed by atoms with Crippen LogP contribution in [-0.4, -0.2) is 216 Å². The standard InChI is InChI=1S/C24H25Br2Cl2N3O2Se.C21H17Br2Cl2N3O2Se.C20H15Br2Cl2N3O2Se.C20H17Br2Cl2N3O2Se.CH4/c1-13(2)11-30(12-14(3)4)21(33)10-18(32)23-22(26)24(19-7-8-20(25)34-19)31(29-23)17-6-5-15(27)9-16(17)28;22-17-7-6-16(31-17)21-19(23)20(15(29)11-18(30)27-8-2-1-3-9-27)26-28(21)14-5-4-12(24)10-13(14)25;21-16-6-5-15(30-16)20-18(22)19(14(28)10-17(29)26-7-1-2-8-26)25-27(20)13-4-3-11(23)9-12(13)24;1-3-26(4-2)17(29)10-14(28)19-18(22)20(15-7-8-16(21)30-15)27(25-19)13-6-5-11(23)9-12(13)24;/h5-9,13-14H,10-12H2,1-4H3;4-7,10H,1-3,8-9,11H2;3-6,9H,1-2,7-8,10H2;5-9H,3-4,10H2,1-2H3;1H4. The minimum absolute atomic E-state index is 0. The molecule has 0 unspecified atom stereocenters. The summed E-state index contributed by atoms with van der Waals surface area (Å²) in [7, 11) is 0. The summed E-state index contributed by atoms with van der Waals surface area (Å²) in [6.45, 7) is 17.2. The number of benzene rings is 4. The Morgan fingerprint density at radius 1 is 0.349 bits per heavy atom. The van der Waals surface area contributed by atoms with Gasteiger partial charge >= 0.3 is 864 Å². The van der Waals surface area contributed by atoms with E-state index in [1.54, 1.807) is 111 Å². The van der Waals surface area contributed by atoms with Crippen molar-refractivity contribution >= 4 is 325 Å². The number of rotatable bonds is 26. The molecule has 12 aromatic rings.